The Morgan fingerprint density at radius 3 is 2.61 bits per heavy atom. The molecule has 0 radical (unpaired) electrons. The number of fused-ring (bicyclic) bond motifs is 2. The first-order chi connectivity index (χ1) is 13.5. The largest absolute Gasteiger partial charge is 0.348 e. The van der Waals surface area contributed by atoms with Gasteiger partial charge in [-0.25, -0.2) is 4.98 Å². The number of carbonyl (C=O) groups is 3. The number of H-pyrrole nitrogens is 1. The Hall–Kier alpha value is -2.38. The summed E-state index contributed by atoms with van der Waals surface area (Å²) in [5, 5.41) is 0. The van der Waals surface area contributed by atoms with Crippen molar-refractivity contribution >= 4 is 17.7 Å². The number of nitrogens with zero attached hydrogens (tertiary/aromatic N) is 4. The van der Waals surface area contributed by atoms with Gasteiger partial charge in [0.25, 0.3) is 0 Å². The summed E-state index contributed by atoms with van der Waals surface area (Å²) in [4.78, 5) is 51.0. The average Bonchev–Trinajstić information content (AvgIpc) is 3.36. The molecular weight excluding hydrogens is 358 g/mol. The Bertz CT molecular complexity index is 781. The van der Waals surface area contributed by atoms with Crippen LogP contribution in [0.25, 0.3) is 0 Å². The van der Waals surface area contributed by atoms with Crippen molar-refractivity contribution in [3.63, 3.8) is 0 Å². The highest BCUT2D eigenvalue weighted by Crippen LogP contribution is 2.42. The highest BCUT2D eigenvalue weighted by molar-refractivity contribution is 5.88. The summed E-state index contributed by atoms with van der Waals surface area (Å²) in [7, 11) is 0. The van der Waals surface area contributed by atoms with Crippen molar-refractivity contribution in [2.75, 3.05) is 26.2 Å². The van der Waals surface area contributed by atoms with E-state index in [-0.39, 0.29) is 17.7 Å². The van der Waals surface area contributed by atoms with Crippen molar-refractivity contribution in [3.05, 3.63) is 17.7 Å². The average molecular weight is 387 g/mol. The fraction of sp³-hybridized carbons (Fsp3) is 0.700. The molecule has 1 N–H and O–H groups in total. The van der Waals surface area contributed by atoms with Crippen LogP contribution >= 0.6 is 0 Å². The summed E-state index contributed by atoms with van der Waals surface area (Å²) < 4.78 is 0. The van der Waals surface area contributed by atoms with E-state index in [1.165, 1.54) is 0 Å². The summed E-state index contributed by atoms with van der Waals surface area (Å²) in [5.74, 6) is 0.225. The maximum absolute atomic E-state index is 13.0. The molecule has 8 heteroatoms. The predicted molar refractivity (Wildman–Crippen MR) is 102 cm³/mol. The van der Waals surface area contributed by atoms with Crippen LogP contribution in [0.5, 0.6) is 0 Å². The predicted octanol–water partition coefficient (Wildman–Crippen LogP) is 1.03. The quantitative estimate of drug-likeness (QED) is 0.839. The molecule has 1 unspecified atom stereocenters. The molecule has 4 rings (SSSR count). The monoisotopic (exact) mass is 387 g/mol. The number of hydrogen-bond donors (Lipinski definition) is 1. The third-order valence-corrected chi connectivity index (χ3v) is 6.70. The van der Waals surface area contributed by atoms with Crippen molar-refractivity contribution in [1.82, 2.24) is 24.7 Å². The molecule has 3 aliphatic heterocycles. The normalized spacial score (nSPS) is 22.5. The fourth-order valence-corrected chi connectivity index (χ4v) is 5.11. The van der Waals surface area contributed by atoms with E-state index >= 15 is 0 Å². The maximum Gasteiger partial charge on any atom is 0.245 e. The van der Waals surface area contributed by atoms with E-state index in [0.717, 1.165) is 24.2 Å². The topological polar surface area (TPSA) is 89.6 Å². The van der Waals surface area contributed by atoms with Crippen LogP contribution in [0.4, 0.5) is 0 Å². The van der Waals surface area contributed by atoms with E-state index in [0.29, 0.717) is 51.9 Å². The number of aromatic amines is 1. The van der Waals surface area contributed by atoms with Gasteiger partial charge in [0.05, 0.1) is 17.6 Å². The minimum atomic E-state index is -0.426. The summed E-state index contributed by atoms with van der Waals surface area (Å²) >= 11 is 0. The number of aromatic nitrogens is 2. The lowest BCUT2D eigenvalue weighted by atomic mass is 9.78. The number of amides is 3. The third kappa shape index (κ3) is 2.89. The van der Waals surface area contributed by atoms with Crippen LogP contribution in [0.15, 0.2) is 6.33 Å². The summed E-state index contributed by atoms with van der Waals surface area (Å²) in [6, 6.07) is -0.412. The molecule has 0 aromatic carbocycles. The molecule has 0 saturated carbocycles. The van der Waals surface area contributed by atoms with E-state index in [1.807, 2.05) is 23.6 Å². The van der Waals surface area contributed by atoms with Crippen LogP contribution in [-0.2, 0) is 26.3 Å². The van der Waals surface area contributed by atoms with Gasteiger partial charge in [-0.15, -0.1) is 0 Å². The minimum absolute atomic E-state index is 0.0107. The van der Waals surface area contributed by atoms with E-state index in [9.17, 15) is 14.4 Å². The minimum Gasteiger partial charge on any atom is -0.348 e. The van der Waals surface area contributed by atoms with Crippen LogP contribution in [0.1, 0.15) is 57.3 Å². The van der Waals surface area contributed by atoms with Gasteiger partial charge in [0.2, 0.25) is 17.7 Å². The molecule has 2 fully saturated rings. The number of likely N-dealkylation sites (tertiary alicyclic amines) is 2. The van der Waals surface area contributed by atoms with Gasteiger partial charge in [-0.1, -0.05) is 6.92 Å². The van der Waals surface area contributed by atoms with E-state index < -0.39 is 11.6 Å². The Kier molecular flexibility index (Phi) is 4.89. The van der Waals surface area contributed by atoms with Gasteiger partial charge in [0.1, 0.15) is 6.04 Å². The molecule has 28 heavy (non-hydrogen) atoms. The zero-order chi connectivity index (χ0) is 19.9. The molecule has 1 atom stereocenters. The lowest BCUT2D eigenvalue weighted by molar-refractivity contribution is -0.148. The van der Waals surface area contributed by atoms with Crippen molar-refractivity contribution in [2.24, 2.45) is 0 Å². The first-order valence-corrected chi connectivity index (χ1v) is 10.4. The first-order valence-electron chi connectivity index (χ1n) is 10.4. The number of hydrogen-bond acceptors (Lipinski definition) is 4. The highest BCUT2D eigenvalue weighted by atomic mass is 16.2. The number of piperidine rings is 1. The molecule has 4 heterocycles. The molecule has 0 bridgehead atoms. The highest BCUT2D eigenvalue weighted by Gasteiger charge is 2.49. The molecule has 1 aromatic rings. The molecule has 3 aliphatic rings. The fourth-order valence-electron chi connectivity index (χ4n) is 5.11. The number of nitrogens with one attached hydrogen (secondary N) is 1. The van der Waals surface area contributed by atoms with Gasteiger partial charge in [-0.3, -0.25) is 14.4 Å². The first kappa shape index (κ1) is 19.0. The maximum atomic E-state index is 13.0. The van der Waals surface area contributed by atoms with Crippen molar-refractivity contribution < 1.29 is 14.4 Å². The van der Waals surface area contributed by atoms with Gasteiger partial charge < -0.3 is 19.7 Å². The van der Waals surface area contributed by atoms with Crippen LogP contribution in [0.3, 0.4) is 0 Å². The van der Waals surface area contributed by atoms with Crippen LogP contribution in [0, 0.1) is 0 Å². The van der Waals surface area contributed by atoms with Crippen LogP contribution in [-0.4, -0.2) is 74.6 Å². The Morgan fingerprint density at radius 2 is 1.96 bits per heavy atom. The number of rotatable bonds is 3. The Labute approximate surface area is 165 Å². The van der Waals surface area contributed by atoms with Gasteiger partial charge in [0, 0.05) is 51.1 Å². The smallest absolute Gasteiger partial charge is 0.245 e. The van der Waals surface area contributed by atoms with Gasteiger partial charge in [-0.2, -0.15) is 0 Å². The van der Waals surface area contributed by atoms with Gasteiger partial charge >= 0.3 is 0 Å². The Balaban J connectivity index is 1.52. The standard InChI is InChI=1S/C20H29N5O3/c1-3-16(26)25-10-6-15-18(22-13-21-15)20(25)7-11-23(12-8-20)19(28)14(2)24-9-4-5-17(24)27/h13-14H,3-12H2,1-2H3,(H,21,22). The zero-order valence-electron chi connectivity index (χ0n) is 16.7. The molecule has 152 valence electrons. The SMILES string of the molecule is CCC(=O)N1CCc2[nH]cnc2C12CCN(C(=O)C(C)N1CCCC1=O)CC2. The second kappa shape index (κ2) is 7.22. The third-order valence-electron chi connectivity index (χ3n) is 6.70. The number of imidazole rings is 1. The van der Waals surface area contributed by atoms with E-state index in [1.54, 1.807) is 11.2 Å². The second-order valence-electron chi connectivity index (χ2n) is 8.10. The number of carbonyl (C=O) groups excluding carboxylic acids is 3. The van der Waals surface area contributed by atoms with Crippen molar-refractivity contribution in [2.45, 2.75) is 64.0 Å². The van der Waals surface area contributed by atoms with Crippen molar-refractivity contribution in [3.8, 4) is 0 Å². The molecule has 3 amide bonds. The van der Waals surface area contributed by atoms with Gasteiger partial charge in [-0.05, 0) is 26.2 Å². The lowest BCUT2D eigenvalue weighted by Crippen LogP contribution is -2.60. The molecule has 0 aliphatic carbocycles. The zero-order valence-corrected chi connectivity index (χ0v) is 16.7. The molecular formula is C20H29N5O3. The molecule has 2 saturated heterocycles. The van der Waals surface area contributed by atoms with E-state index in [4.69, 9.17) is 0 Å². The Morgan fingerprint density at radius 1 is 1.21 bits per heavy atom. The van der Waals surface area contributed by atoms with Crippen molar-refractivity contribution in [1.29, 1.82) is 0 Å². The summed E-state index contributed by atoms with van der Waals surface area (Å²) in [6.07, 6.45) is 5.71. The van der Waals surface area contributed by atoms with Crippen LogP contribution in [0.2, 0.25) is 0 Å². The lowest BCUT2D eigenvalue weighted by Gasteiger charge is -2.50. The van der Waals surface area contributed by atoms with E-state index in [2.05, 4.69) is 9.97 Å². The van der Waals surface area contributed by atoms with Gasteiger partial charge in [0.15, 0.2) is 0 Å². The summed E-state index contributed by atoms with van der Waals surface area (Å²) in [6.45, 7) is 6.22. The molecule has 1 spiro atoms. The molecule has 1 aromatic heterocycles. The molecule has 8 nitrogen and oxygen atoms in total. The summed E-state index contributed by atoms with van der Waals surface area (Å²) in [5.41, 5.74) is 1.65. The van der Waals surface area contributed by atoms with Crippen LogP contribution < -0.4 is 0 Å². The second-order valence-corrected chi connectivity index (χ2v) is 8.10.